The van der Waals surface area contributed by atoms with Crippen LogP contribution in [0.25, 0.3) is 0 Å². The second-order valence-electron chi connectivity index (χ2n) is 6.76. The molecule has 2 fully saturated rings. The summed E-state index contributed by atoms with van der Waals surface area (Å²) in [4.78, 5) is 12.7. The van der Waals surface area contributed by atoms with Crippen molar-refractivity contribution in [3.8, 4) is 0 Å². The zero-order chi connectivity index (χ0) is 15.1. The molecule has 1 aromatic rings. The molecule has 4 rings (SSSR count). The standard InChI is InChI=1S/C16H24N4O2/c1-2-10-13(11-7-9-22-14(10)11)17-16(21)15-19-18-12-6-4-3-5-8-20(12)15/h10-11,13-14H,2-9H2,1H3,(H,17,21)/t10-,11+,13-,14-/m0/s1. The van der Waals surface area contributed by atoms with Crippen LogP contribution in [0.4, 0.5) is 0 Å². The highest BCUT2D eigenvalue weighted by Gasteiger charge is 2.53. The van der Waals surface area contributed by atoms with Crippen molar-refractivity contribution in [3.05, 3.63) is 11.6 Å². The summed E-state index contributed by atoms with van der Waals surface area (Å²) in [5.74, 6) is 2.33. The normalized spacial score (nSPS) is 33.5. The Balaban J connectivity index is 1.50. The fourth-order valence-electron chi connectivity index (χ4n) is 4.40. The molecule has 1 amide bonds. The molecule has 1 saturated carbocycles. The number of aryl methyl sites for hydroxylation is 1. The Hall–Kier alpha value is -1.43. The van der Waals surface area contributed by atoms with Gasteiger partial charge in [0.2, 0.25) is 5.82 Å². The van der Waals surface area contributed by atoms with Crippen molar-refractivity contribution in [2.45, 2.75) is 64.1 Å². The van der Waals surface area contributed by atoms with Gasteiger partial charge >= 0.3 is 0 Å². The van der Waals surface area contributed by atoms with Gasteiger partial charge in [0.1, 0.15) is 5.82 Å². The maximum atomic E-state index is 12.7. The van der Waals surface area contributed by atoms with Crippen LogP contribution in [0.15, 0.2) is 0 Å². The number of nitrogens with zero attached hydrogens (tertiary/aromatic N) is 3. The van der Waals surface area contributed by atoms with Crippen molar-refractivity contribution in [1.29, 1.82) is 0 Å². The van der Waals surface area contributed by atoms with Gasteiger partial charge in [-0.05, 0) is 25.7 Å². The highest BCUT2D eigenvalue weighted by atomic mass is 16.5. The average Bonchev–Trinajstić information content (AvgIpc) is 3.04. The lowest BCUT2D eigenvalue weighted by Crippen LogP contribution is -2.61. The Kier molecular flexibility index (Phi) is 3.64. The first-order valence-corrected chi connectivity index (χ1v) is 8.64. The molecule has 2 aliphatic heterocycles. The molecule has 22 heavy (non-hydrogen) atoms. The zero-order valence-corrected chi connectivity index (χ0v) is 13.1. The van der Waals surface area contributed by atoms with Gasteiger partial charge < -0.3 is 14.6 Å². The molecule has 1 N–H and O–H groups in total. The van der Waals surface area contributed by atoms with Crippen molar-refractivity contribution < 1.29 is 9.53 Å². The third-order valence-corrected chi connectivity index (χ3v) is 5.61. The molecule has 1 saturated heterocycles. The number of amides is 1. The lowest BCUT2D eigenvalue weighted by molar-refractivity contribution is -0.0546. The molecule has 0 aromatic carbocycles. The van der Waals surface area contributed by atoms with E-state index in [1.165, 1.54) is 6.42 Å². The van der Waals surface area contributed by atoms with Crippen LogP contribution in [0.2, 0.25) is 0 Å². The van der Waals surface area contributed by atoms with Crippen LogP contribution in [0.1, 0.15) is 55.5 Å². The number of hydrogen-bond donors (Lipinski definition) is 1. The summed E-state index contributed by atoms with van der Waals surface area (Å²) in [6, 6.07) is 0.240. The molecule has 3 heterocycles. The van der Waals surface area contributed by atoms with Crippen molar-refractivity contribution in [2.75, 3.05) is 6.61 Å². The van der Waals surface area contributed by atoms with Gasteiger partial charge in [-0.15, -0.1) is 10.2 Å². The van der Waals surface area contributed by atoms with Crippen LogP contribution in [0.5, 0.6) is 0 Å². The van der Waals surface area contributed by atoms with Gasteiger partial charge in [0.25, 0.3) is 5.91 Å². The lowest BCUT2D eigenvalue weighted by atomic mass is 9.65. The van der Waals surface area contributed by atoms with Crippen LogP contribution in [-0.2, 0) is 17.7 Å². The Morgan fingerprint density at radius 1 is 1.36 bits per heavy atom. The topological polar surface area (TPSA) is 69.0 Å². The van der Waals surface area contributed by atoms with Gasteiger partial charge in [-0.1, -0.05) is 13.3 Å². The first-order chi connectivity index (χ1) is 10.8. The summed E-state index contributed by atoms with van der Waals surface area (Å²) in [6.07, 6.45) is 6.83. The molecular weight excluding hydrogens is 280 g/mol. The fraction of sp³-hybridized carbons (Fsp3) is 0.812. The van der Waals surface area contributed by atoms with E-state index in [4.69, 9.17) is 4.74 Å². The van der Waals surface area contributed by atoms with E-state index in [0.717, 1.165) is 51.1 Å². The van der Waals surface area contributed by atoms with Crippen LogP contribution in [-0.4, -0.2) is 39.4 Å². The molecule has 4 atom stereocenters. The predicted octanol–water partition coefficient (Wildman–Crippen LogP) is 1.55. The summed E-state index contributed by atoms with van der Waals surface area (Å²) in [5.41, 5.74) is 0. The molecule has 0 unspecified atom stereocenters. The lowest BCUT2D eigenvalue weighted by Gasteiger charge is -2.47. The van der Waals surface area contributed by atoms with Crippen molar-refractivity contribution in [1.82, 2.24) is 20.1 Å². The van der Waals surface area contributed by atoms with E-state index in [-0.39, 0.29) is 11.9 Å². The smallest absolute Gasteiger partial charge is 0.289 e. The number of fused-ring (bicyclic) bond motifs is 2. The van der Waals surface area contributed by atoms with Crippen LogP contribution >= 0.6 is 0 Å². The highest BCUT2D eigenvalue weighted by molar-refractivity contribution is 5.91. The predicted molar refractivity (Wildman–Crippen MR) is 80.5 cm³/mol. The Bertz CT molecular complexity index is 570. The summed E-state index contributed by atoms with van der Waals surface area (Å²) in [5, 5.41) is 11.6. The maximum Gasteiger partial charge on any atom is 0.289 e. The number of hydrogen-bond acceptors (Lipinski definition) is 4. The molecule has 6 heteroatoms. The second kappa shape index (κ2) is 5.65. The van der Waals surface area contributed by atoms with Gasteiger partial charge in [0, 0.05) is 37.5 Å². The Labute approximate surface area is 130 Å². The fourth-order valence-corrected chi connectivity index (χ4v) is 4.40. The Morgan fingerprint density at radius 2 is 2.27 bits per heavy atom. The number of nitrogens with one attached hydrogen (secondary N) is 1. The van der Waals surface area contributed by atoms with Crippen LogP contribution in [0, 0.1) is 11.8 Å². The van der Waals surface area contributed by atoms with Gasteiger partial charge in [-0.25, -0.2) is 0 Å². The van der Waals surface area contributed by atoms with Gasteiger partial charge in [0.05, 0.1) is 6.10 Å². The SMILES string of the molecule is CC[C@H]1[C@H](NC(=O)c2nnc3n2CCCCC3)[C@H]2CCO[C@H]21. The van der Waals surface area contributed by atoms with Crippen LogP contribution < -0.4 is 5.32 Å². The van der Waals surface area contributed by atoms with Crippen LogP contribution in [0.3, 0.4) is 0 Å². The molecule has 0 radical (unpaired) electrons. The van der Waals surface area contributed by atoms with E-state index in [9.17, 15) is 4.79 Å². The largest absolute Gasteiger partial charge is 0.377 e. The van der Waals surface area contributed by atoms with Crippen molar-refractivity contribution in [3.63, 3.8) is 0 Å². The van der Waals surface area contributed by atoms with Gasteiger partial charge in [-0.3, -0.25) is 4.79 Å². The molecule has 3 aliphatic rings. The summed E-state index contributed by atoms with van der Waals surface area (Å²) in [6.45, 7) is 3.87. The molecule has 0 bridgehead atoms. The molecule has 1 aliphatic carbocycles. The van der Waals surface area contributed by atoms with E-state index in [1.807, 2.05) is 4.57 Å². The third-order valence-electron chi connectivity index (χ3n) is 5.61. The average molecular weight is 304 g/mol. The first-order valence-electron chi connectivity index (χ1n) is 8.64. The van der Waals surface area contributed by atoms with E-state index < -0.39 is 0 Å². The number of aromatic nitrogens is 3. The number of ether oxygens (including phenoxy) is 1. The number of rotatable bonds is 3. The molecular formula is C16H24N4O2. The minimum atomic E-state index is -0.0607. The molecule has 1 aromatic heterocycles. The van der Waals surface area contributed by atoms with Gasteiger partial charge in [-0.2, -0.15) is 0 Å². The monoisotopic (exact) mass is 304 g/mol. The molecule has 6 nitrogen and oxygen atoms in total. The summed E-state index contributed by atoms with van der Waals surface area (Å²) in [7, 11) is 0. The van der Waals surface area contributed by atoms with E-state index in [1.54, 1.807) is 0 Å². The minimum Gasteiger partial charge on any atom is -0.377 e. The second-order valence-corrected chi connectivity index (χ2v) is 6.76. The highest BCUT2D eigenvalue weighted by Crippen LogP contribution is 2.45. The number of carbonyl (C=O) groups excluding carboxylic acids is 1. The van der Waals surface area contributed by atoms with Gasteiger partial charge in [0.15, 0.2) is 0 Å². The zero-order valence-electron chi connectivity index (χ0n) is 13.1. The molecule has 120 valence electrons. The first kappa shape index (κ1) is 14.2. The van der Waals surface area contributed by atoms with E-state index in [0.29, 0.717) is 23.8 Å². The quantitative estimate of drug-likeness (QED) is 0.920. The third kappa shape index (κ3) is 2.16. The minimum absolute atomic E-state index is 0.0607. The Morgan fingerprint density at radius 3 is 3.14 bits per heavy atom. The summed E-state index contributed by atoms with van der Waals surface area (Å²) < 4.78 is 7.80. The van der Waals surface area contributed by atoms with E-state index >= 15 is 0 Å². The van der Waals surface area contributed by atoms with Crippen molar-refractivity contribution in [2.24, 2.45) is 11.8 Å². The van der Waals surface area contributed by atoms with E-state index in [2.05, 4.69) is 22.4 Å². The maximum absolute atomic E-state index is 12.7. The molecule has 0 spiro atoms. The van der Waals surface area contributed by atoms with Crippen molar-refractivity contribution >= 4 is 5.91 Å². The number of carbonyl (C=O) groups is 1. The summed E-state index contributed by atoms with van der Waals surface area (Å²) >= 11 is 0.